The first-order valence-corrected chi connectivity index (χ1v) is 29.4. The number of benzene rings is 3. The van der Waals surface area contributed by atoms with E-state index in [0.29, 0.717) is 43.5 Å². The minimum Gasteiger partial charge on any atom is -0.493 e. The second kappa shape index (κ2) is 42.2. The van der Waals surface area contributed by atoms with Gasteiger partial charge in [0, 0.05) is 18.2 Å². The summed E-state index contributed by atoms with van der Waals surface area (Å²) in [6.45, 7) is 12.2. The second-order valence-corrected chi connectivity index (χ2v) is 20.0. The number of carbonyl (C=O) groups is 1. The van der Waals surface area contributed by atoms with Crippen LogP contribution in [0.25, 0.3) is 0 Å². The standard InChI is InChI=1S/C61H97IO8/c1-5-9-13-17-21-23-25-27-31-35-39-66-57-43-53(44-58(48-57)67-40-36-32-28-26-24-22-18-14-10-6-2)51-69-60-46-54(61(63)70-62)45-59(49-60)68-50-52-41-55(64-37-33-29-19-15-11-7-3)47-56(42-52)65-38-34-30-20-16-12-8-4/h41-49H,5-40,50-51H2,1-4H3. The summed E-state index contributed by atoms with van der Waals surface area (Å²) in [6, 6.07) is 17.4. The summed E-state index contributed by atoms with van der Waals surface area (Å²) in [5, 5.41) is 0. The smallest absolute Gasteiger partial charge is 0.347 e. The van der Waals surface area contributed by atoms with Crippen LogP contribution in [-0.2, 0) is 16.3 Å². The van der Waals surface area contributed by atoms with Gasteiger partial charge in [0.25, 0.3) is 0 Å². The van der Waals surface area contributed by atoms with Crippen LogP contribution >= 0.6 is 23.0 Å². The Morgan fingerprint density at radius 2 is 0.543 bits per heavy atom. The van der Waals surface area contributed by atoms with Crippen LogP contribution < -0.4 is 28.4 Å². The van der Waals surface area contributed by atoms with Crippen molar-refractivity contribution in [3.8, 4) is 34.5 Å². The third kappa shape index (κ3) is 30.5. The van der Waals surface area contributed by atoms with Gasteiger partial charge in [-0.05, 0) is 73.2 Å². The molecule has 0 aromatic heterocycles. The number of unbranched alkanes of at least 4 members (excludes halogenated alkanes) is 28. The second-order valence-electron chi connectivity index (χ2n) is 19.6. The SMILES string of the molecule is CCCCCCCCCCCCOc1cc(COc2cc(OCc3cc(OCCCCCCCC)cc(OCCCCCCCC)c3)cc(C(=O)OI)c2)cc(OCCCCCCCCCCCC)c1. The molecule has 0 saturated heterocycles. The Balaban J connectivity index is 1.67. The first kappa shape index (κ1) is 61.0. The molecule has 0 spiro atoms. The number of rotatable bonds is 47. The number of hydrogen-bond acceptors (Lipinski definition) is 8. The zero-order valence-electron chi connectivity index (χ0n) is 44.7. The maximum absolute atomic E-state index is 12.9. The van der Waals surface area contributed by atoms with E-state index in [1.165, 1.54) is 167 Å². The molecule has 3 aromatic rings. The molecule has 0 N–H and O–H groups in total. The van der Waals surface area contributed by atoms with Crippen molar-refractivity contribution in [3.63, 3.8) is 0 Å². The normalized spacial score (nSPS) is 11.2. The molecule has 0 unspecified atom stereocenters. The number of ether oxygens (including phenoxy) is 6. The van der Waals surface area contributed by atoms with E-state index in [1.54, 1.807) is 35.1 Å². The molecule has 8 nitrogen and oxygen atoms in total. The molecule has 0 atom stereocenters. The lowest BCUT2D eigenvalue weighted by Crippen LogP contribution is -2.05. The minimum atomic E-state index is -0.476. The molecule has 0 saturated carbocycles. The lowest BCUT2D eigenvalue weighted by atomic mass is 10.1. The maximum atomic E-state index is 12.9. The Morgan fingerprint density at radius 1 is 0.314 bits per heavy atom. The molecular formula is C61H97IO8. The summed E-state index contributed by atoms with van der Waals surface area (Å²) in [6.07, 6.45) is 40.1. The first-order chi connectivity index (χ1) is 34.5. The fourth-order valence-corrected chi connectivity index (χ4v) is 8.95. The van der Waals surface area contributed by atoms with Gasteiger partial charge in [0.2, 0.25) is 0 Å². The fourth-order valence-electron chi connectivity index (χ4n) is 8.70. The highest BCUT2D eigenvalue weighted by atomic mass is 127. The van der Waals surface area contributed by atoms with Crippen LogP contribution in [0.4, 0.5) is 0 Å². The lowest BCUT2D eigenvalue weighted by molar-refractivity contribution is 0.0799. The molecule has 0 aliphatic heterocycles. The predicted octanol–water partition coefficient (Wildman–Crippen LogP) is 19.4. The van der Waals surface area contributed by atoms with Crippen molar-refractivity contribution in [2.45, 2.75) is 246 Å². The molecule has 0 bridgehead atoms. The van der Waals surface area contributed by atoms with Crippen LogP contribution in [0, 0.1) is 0 Å². The fraction of sp³-hybridized carbons (Fsp3) is 0.689. The van der Waals surface area contributed by atoms with Gasteiger partial charge >= 0.3 is 5.97 Å². The Kier molecular flexibility index (Phi) is 36.7. The average molecular weight is 1090 g/mol. The number of hydrogen-bond donors (Lipinski definition) is 0. The van der Waals surface area contributed by atoms with E-state index in [0.717, 1.165) is 72.6 Å². The summed E-state index contributed by atoms with van der Waals surface area (Å²) in [5.74, 6) is 3.65. The largest absolute Gasteiger partial charge is 0.493 e. The van der Waals surface area contributed by atoms with E-state index >= 15 is 0 Å². The molecule has 0 heterocycles. The van der Waals surface area contributed by atoms with E-state index in [-0.39, 0.29) is 13.2 Å². The van der Waals surface area contributed by atoms with Gasteiger partial charge in [-0.25, -0.2) is 4.79 Å². The molecule has 0 radical (unpaired) electrons. The average Bonchev–Trinajstić information content (AvgIpc) is 3.37. The number of carbonyl (C=O) groups excluding carboxylic acids is 1. The van der Waals surface area contributed by atoms with Gasteiger partial charge in [-0.15, -0.1) is 0 Å². The molecule has 0 aliphatic carbocycles. The van der Waals surface area contributed by atoms with E-state index in [2.05, 4.69) is 27.7 Å². The molecular weight excluding hydrogens is 988 g/mol. The zero-order valence-corrected chi connectivity index (χ0v) is 46.9. The number of halogens is 1. The molecule has 9 heteroatoms. The summed E-state index contributed by atoms with van der Waals surface area (Å²) >= 11 is 1.63. The molecule has 396 valence electrons. The Bertz CT molecular complexity index is 1650. The van der Waals surface area contributed by atoms with Crippen LogP contribution in [0.1, 0.15) is 255 Å². The Labute approximate surface area is 441 Å². The Morgan fingerprint density at radius 3 is 0.786 bits per heavy atom. The van der Waals surface area contributed by atoms with Crippen LogP contribution in [0.15, 0.2) is 54.6 Å². The van der Waals surface area contributed by atoms with Gasteiger partial charge in [-0.2, -0.15) is 0 Å². The highest BCUT2D eigenvalue weighted by Crippen LogP contribution is 2.30. The van der Waals surface area contributed by atoms with Crippen molar-refractivity contribution < 1.29 is 36.3 Å². The third-order valence-electron chi connectivity index (χ3n) is 12.9. The van der Waals surface area contributed by atoms with Gasteiger partial charge in [0.1, 0.15) is 47.7 Å². The van der Waals surface area contributed by atoms with Gasteiger partial charge in [0.05, 0.1) is 32.0 Å². The molecule has 3 rings (SSSR count). The Hall–Kier alpha value is -3.34. The van der Waals surface area contributed by atoms with E-state index in [4.69, 9.17) is 31.5 Å². The predicted molar refractivity (Wildman–Crippen MR) is 300 cm³/mol. The van der Waals surface area contributed by atoms with Crippen molar-refractivity contribution in [2.24, 2.45) is 0 Å². The highest BCUT2D eigenvalue weighted by molar-refractivity contribution is 14.1. The van der Waals surface area contributed by atoms with Gasteiger partial charge in [-0.1, -0.05) is 207 Å². The molecule has 0 fully saturated rings. The van der Waals surface area contributed by atoms with Crippen molar-refractivity contribution in [3.05, 3.63) is 71.3 Å². The van der Waals surface area contributed by atoms with Crippen LogP contribution in [-0.4, -0.2) is 32.4 Å². The topological polar surface area (TPSA) is 81.7 Å². The maximum Gasteiger partial charge on any atom is 0.347 e. The zero-order chi connectivity index (χ0) is 50.0. The van der Waals surface area contributed by atoms with Gasteiger partial charge < -0.3 is 31.5 Å². The van der Waals surface area contributed by atoms with Crippen molar-refractivity contribution >= 4 is 29.0 Å². The summed E-state index contributed by atoms with van der Waals surface area (Å²) in [5.41, 5.74) is 2.19. The van der Waals surface area contributed by atoms with Gasteiger partial charge in [0.15, 0.2) is 23.0 Å². The molecule has 0 amide bonds. The molecule has 0 aliphatic rings. The third-order valence-corrected chi connectivity index (χ3v) is 13.3. The molecule has 3 aromatic carbocycles. The van der Waals surface area contributed by atoms with Crippen molar-refractivity contribution in [2.75, 3.05) is 26.4 Å². The quantitative estimate of drug-likeness (QED) is 0.0409. The minimum absolute atomic E-state index is 0.252. The van der Waals surface area contributed by atoms with Crippen LogP contribution in [0.5, 0.6) is 34.5 Å². The van der Waals surface area contributed by atoms with Crippen LogP contribution in [0.2, 0.25) is 0 Å². The molecule has 70 heavy (non-hydrogen) atoms. The van der Waals surface area contributed by atoms with E-state index in [1.807, 2.05) is 42.5 Å². The monoisotopic (exact) mass is 1080 g/mol. The van der Waals surface area contributed by atoms with E-state index in [9.17, 15) is 4.79 Å². The van der Waals surface area contributed by atoms with Crippen LogP contribution in [0.3, 0.4) is 0 Å². The lowest BCUT2D eigenvalue weighted by Gasteiger charge is -2.15. The van der Waals surface area contributed by atoms with Crippen molar-refractivity contribution in [1.82, 2.24) is 0 Å². The van der Waals surface area contributed by atoms with Gasteiger partial charge in [-0.3, -0.25) is 0 Å². The first-order valence-electron chi connectivity index (χ1n) is 28.5. The van der Waals surface area contributed by atoms with Crippen molar-refractivity contribution in [1.29, 1.82) is 0 Å². The summed E-state index contributed by atoms with van der Waals surface area (Å²) in [4.78, 5) is 12.9. The highest BCUT2D eigenvalue weighted by Gasteiger charge is 2.14. The summed E-state index contributed by atoms with van der Waals surface area (Å²) < 4.78 is 43.2. The summed E-state index contributed by atoms with van der Waals surface area (Å²) in [7, 11) is 0. The van der Waals surface area contributed by atoms with E-state index < -0.39 is 5.97 Å².